The lowest BCUT2D eigenvalue weighted by molar-refractivity contribution is 0.127. The minimum absolute atomic E-state index is 0.453. The van der Waals surface area contributed by atoms with Crippen molar-refractivity contribution in [3.05, 3.63) is 30.5 Å². The molecule has 0 aromatic carbocycles. The molecule has 1 aliphatic rings. The van der Waals surface area contributed by atoms with Crippen molar-refractivity contribution in [2.75, 3.05) is 33.4 Å². The molecule has 3 heterocycles. The lowest BCUT2D eigenvalue weighted by Gasteiger charge is -2.32. The molecule has 0 bridgehead atoms. The number of hydrogen-bond acceptors (Lipinski definition) is 5. The third-order valence-electron chi connectivity index (χ3n) is 4.19. The zero-order valence-electron chi connectivity index (χ0n) is 13.3. The first-order valence-electron chi connectivity index (χ1n) is 7.78. The highest BCUT2D eigenvalue weighted by molar-refractivity contribution is 5.55. The van der Waals surface area contributed by atoms with Crippen LogP contribution in [0.5, 0.6) is 0 Å². The summed E-state index contributed by atoms with van der Waals surface area (Å²) in [5.74, 6) is 0.453. The first-order chi connectivity index (χ1) is 10.8. The molecule has 0 unspecified atom stereocenters. The van der Waals surface area contributed by atoms with Crippen molar-refractivity contribution in [2.45, 2.75) is 18.8 Å². The van der Waals surface area contributed by atoms with E-state index in [9.17, 15) is 0 Å². The van der Waals surface area contributed by atoms with E-state index in [2.05, 4.69) is 15.0 Å². The van der Waals surface area contributed by atoms with Gasteiger partial charge in [0.25, 0.3) is 0 Å². The lowest BCUT2D eigenvalue weighted by Crippen LogP contribution is -2.36. The van der Waals surface area contributed by atoms with Crippen molar-refractivity contribution >= 4 is 0 Å². The minimum atomic E-state index is 0.453. The van der Waals surface area contributed by atoms with Crippen LogP contribution in [0.2, 0.25) is 0 Å². The number of nitrogens with zero attached hydrogens (tertiary/aromatic N) is 5. The van der Waals surface area contributed by atoms with Gasteiger partial charge in [-0.15, -0.1) is 0 Å². The molecule has 118 valence electrons. The number of aromatic nitrogens is 4. The highest BCUT2D eigenvalue weighted by atomic mass is 16.5. The highest BCUT2D eigenvalue weighted by Crippen LogP contribution is 2.26. The fourth-order valence-electron chi connectivity index (χ4n) is 2.99. The Bertz CT molecular complexity index is 612. The van der Waals surface area contributed by atoms with Crippen LogP contribution in [0.15, 0.2) is 24.8 Å². The minimum Gasteiger partial charge on any atom is -0.383 e. The summed E-state index contributed by atoms with van der Waals surface area (Å²) in [6.45, 7) is 3.96. The third kappa shape index (κ3) is 3.51. The van der Waals surface area contributed by atoms with Gasteiger partial charge in [0.05, 0.1) is 30.4 Å². The summed E-state index contributed by atoms with van der Waals surface area (Å²) >= 11 is 0. The number of ether oxygens (including phenoxy) is 1. The quantitative estimate of drug-likeness (QED) is 0.841. The summed E-state index contributed by atoms with van der Waals surface area (Å²) in [5.41, 5.74) is 3.01. The molecule has 1 aliphatic heterocycles. The highest BCUT2D eigenvalue weighted by Gasteiger charge is 2.22. The fourth-order valence-corrected chi connectivity index (χ4v) is 2.99. The van der Waals surface area contributed by atoms with E-state index in [0.29, 0.717) is 5.92 Å². The van der Waals surface area contributed by atoms with Gasteiger partial charge in [-0.25, -0.2) is 4.98 Å². The van der Waals surface area contributed by atoms with E-state index >= 15 is 0 Å². The zero-order valence-corrected chi connectivity index (χ0v) is 13.3. The number of hydrogen-bond donors (Lipinski definition) is 0. The number of aryl methyl sites for hydroxylation is 1. The molecule has 0 N–H and O–H groups in total. The Morgan fingerprint density at radius 3 is 3.00 bits per heavy atom. The van der Waals surface area contributed by atoms with Gasteiger partial charge in [-0.05, 0) is 19.4 Å². The molecule has 0 amide bonds. The largest absolute Gasteiger partial charge is 0.383 e. The van der Waals surface area contributed by atoms with E-state index < -0.39 is 0 Å². The molecule has 2 aromatic heterocycles. The Hall–Kier alpha value is -1.79. The van der Waals surface area contributed by atoms with Gasteiger partial charge in [0.15, 0.2) is 0 Å². The predicted molar refractivity (Wildman–Crippen MR) is 84.5 cm³/mol. The second-order valence-corrected chi connectivity index (χ2v) is 5.86. The Labute approximate surface area is 131 Å². The fraction of sp³-hybridized carbons (Fsp3) is 0.562. The molecule has 6 heteroatoms. The van der Waals surface area contributed by atoms with E-state index in [1.54, 1.807) is 11.8 Å². The van der Waals surface area contributed by atoms with Crippen molar-refractivity contribution in [1.29, 1.82) is 0 Å². The maximum atomic E-state index is 5.19. The Kier molecular flexibility index (Phi) is 4.80. The Morgan fingerprint density at radius 2 is 2.23 bits per heavy atom. The van der Waals surface area contributed by atoms with Crippen LogP contribution < -0.4 is 0 Å². The lowest BCUT2D eigenvalue weighted by atomic mass is 9.95. The van der Waals surface area contributed by atoms with Crippen LogP contribution in [0, 0.1) is 0 Å². The standard InChI is InChI=1S/C16H23N5O/c1-20-11-14(8-18-20)16-10-17-9-15(19-16)13-4-3-5-21(12-13)6-7-22-2/h8-11,13H,3-7,12H2,1-2H3/t13-/m0/s1. The molecule has 22 heavy (non-hydrogen) atoms. The van der Waals surface area contributed by atoms with Crippen LogP contribution in [0.1, 0.15) is 24.5 Å². The summed E-state index contributed by atoms with van der Waals surface area (Å²) in [7, 11) is 3.67. The second kappa shape index (κ2) is 6.98. The monoisotopic (exact) mass is 301 g/mol. The maximum absolute atomic E-state index is 5.19. The SMILES string of the molecule is COCCN1CCC[C@H](c2cncc(-c3cnn(C)c3)n2)C1. The Morgan fingerprint density at radius 1 is 1.32 bits per heavy atom. The summed E-state index contributed by atoms with van der Waals surface area (Å²) < 4.78 is 6.97. The van der Waals surface area contributed by atoms with Crippen LogP contribution in [0.25, 0.3) is 11.3 Å². The average molecular weight is 301 g/mol. The second-order valence-electron chi connectivity index (χ2n) is 5.86. The number of methoxy groups -OCH3 is 1. The third-order valence-corrected chi connectivity index (χ3v) is 4.19. The van der Waals surface area contributed by atoms with Crippen molar-refractivity contribution in [3.8, 4) is 11.3 Å². The van der Waals surface area contributed by atoms with E-state index in [4.69, 9.17) is 9.72 Å². The molecule has 0 radical (unpaired) electrons. The van der Waals surface area contributed by atoms with Gasteiger partial charge < -0.3 is 9.64 Å². The van der Waals surface area contributed by atoms with Crippen LogP contribution in [-0.2, 0) is 11.8 Å². The summed E-state index contributed by atoms with van der Waals surface area (Å²) in [4.78, 5) is 11.7. The molecule has 0 aliphatic carbocycles. The maximum Gasteiger partial charge on any atom is 0.0920 e. The van der Waals surface area contributed by atoms with Crippen LogP contribution in [0.4, 0.5) is 0 Å². The number of rotatable bonds is 5. The van der Waals surface area contributed by atoms with Gasteiger partial charge in [0.2, 0.25) is 0 Å². The molecular weight excluding hydrogens is 278 g/mol. The van der Waals surface area contributed by atoms with Gasteiger partial charge in [-0.3, -0.25) is 9.67 Å². The molecule has 1 saturated heterocycles. The summed E-state index contributed by atoms with van der Waals surface area (Å²) in [6.07, 6.45) is 9.90. The van der Waals surface area contributed by atoms with Crippen molar-refractivity contribution in [2.24, 2.45) is 7.05 Å². The van der Waals surface area contributed by atoms with Gasteiger partial charge in [-0.2, -0.15) is 5.10 Å². The normalized spacial score (nSPS) is 19.5. The van der Waals surface area contributed by atoms with Gasteiger partial charge in [0.1, 0.15) is 0 Å². The van der Waals surface area contributed by atoms with E-state index in [1.807, 2.05) is 31.8 Å². The van der Waals surface area contributed by atoms with E-state index in [0.717, 1.165) is 43.2 Å². The molecule has 6 nitrogen and oxygen atoms in total. The van der Waals surface area contributed by atoms with Gasteiger partial charge >= 0.3 is 0 Å². The molecule has 2 aromatic rings. The zero-order chi connectivity index (χ0) is 15.4. The van der Waals surface area contributed by atoms with Crippen molar-refractivity contribution in [1.82, 2.24) is 24.6 Å². The molecule has 3 rings (SSSR count). The molecular formula is C16H23N5O. The van der Waals surface area contributed by atoms with Crippen LogP contribution in [0.3, 0.4) is 0 Å². The molecule has 1 fully saturated rings. The van der Waals surface area contributed by atoms with Crippen molar-refractivity contribution in [3.63, 3.8) is 0 Å². The first-order valence-corrected chi connectivity index (χ1v) is 7.78. The molecule has 1 atom stereocenters. The van der Waals surface area contributed by atoms with E-state index in [-0.39, 0.29) is 0 Å². The van der Waals surface area contributed by atoms with Crippen LogP contribution in [-0.4, -0.2) is 58.0 Å². The number of likely N-dealkylation sites (tertiary alicyclic amines) is 1. The number of piperidine rings is 1. The predicted octanol–water partition coefficient (Wildman–Crippen LogP) is 1.70. The molecule has 0 saturated carbocycles. The smallest absolute Gasteiger partial charge is 0.0920 e. The summed E-state index contributed by atoms with van der Waals surface area (Å²) in [6, 6.07) is 0. The summed E-state index contributed by atoms with van der Waals surface area (Å²) in [5, 5.41) is 4.21. The van der Waals surface area contributed by atoms with Gasteiger partial charge in [-0.1, -0.05) is 0 Å². The van der Waals surface area contributed by atoms with E-state index in [1.165, 1.54) is 12.8 Å². The van der Waals surface area contributed by atoms with Crippen LogP contribution >= 0.6 is 0 Å². The Balaban J connectivity index is 1.74. The molecule has 0 spiro atoms. The van der Waals surface area contributed by atoms with Crippen molar-refractivity contribution < 1.29 is 4.74 Å². The van der Waals surface area contributed by atoms with Gasteiger partial charge in [0, 0.05) is 51.1 Å². The first kappa shape index (κ1) is 15.1. The topological polar surface area (TPSA) is 56.1 Å². The average Bonchev–Trinajstić information content (AvgIpc) is 3.00.